The van der Waals surface area contributed by atoms with Gasteiger partial charge in [0.15, 0.2) is 0 Å². The summed E-state index contributed by atoms with van der Waals surface area (Å²) < 4.78 is 8.32. The van der Waals surface area contributed by atoms with Crippen LogP contribution in [-0.4, -0.2) is 16.7 Å². The predicted octanol–water partition coefficient (Wildman–Crippen LogP) is 3.63. The van der Waals surface area contributed by atoms with Gasteiger partial charge >= 0.3 is 0 Å². The molecule has 0 bridgehead atoms. The summed E-state index contributed by atoms with van der Waals surface area (Å²) in [6.07, 6.45) is 0.874. The molecule has 4 nitrogen and oxygen atoms in total. The summed E-state index contributed by atoms with van der Waals surface area (Å²) in [4.78, 5) is 4.40. The number of imidazole rings is 1. The SMILES string of the molecule is COc1cccc(CCn2c(N)nc3ccc(Br)cc32)c1. The first-order valence-electron chi connectivity index (χ1n) is 6.71. The zero-order valence-electron chi connectivity index (χ0n) is 11.7. The van der Waals surface area contributed by atoms with Crippen LogP contribution in [0.25, 0.3) is 11.0 Å². The summed E-state index contributed by atoms with van der Waals surface area (Å²) in [5.41, 5.74) is 9.21. The van der Waals surface area contributed by atoms with Crippen molar-refractivity contribution in [2.45, 2.75) is 13.0 Å². The summed E-state index contributed by atoms with van der Waals surface area (Å²) in [5.74, 6) is 1.42. The van der Waals surface area contributed by atoms with Crippen LogP contribution in [0.1, 0.15) is 5.56 Å². The first-order chi connectivity index (χ1) is 10.2. The standard InChI is InChI=1S/C16H16BrN3O/c1-21-13-4-2-3-11(9-13)7-8-20-15-10-12(17)5-6-14(15)19-16(20)18/h2-6,9-10H,7-8H2,1H3,(H2,18,19). The van der Waals surface area contributed by atoms with Crippen molar-refractivity contribution >= 4 is 32.9 Å². The number of anilines is 1. The number of rotatable bonds is 4. The van der Waals surface area contributed by atoms with E-state index in [9.17, 15) is 0 Å². The van der Waals surface area contributed by atoms with Crippen LogP contribution < -0.4 is 10.5 Å². The van der Waals surface area contributed by atoms with E-state index in [4.69, 9.17) is 10.5 Å². The lowest BCUT2D eigenvalue weighted by Gasteiger charge is -2.08. The number of methoxy groups -OCH3 is 1. The molecule has 0 amide bonds. The smallest absolute Gasteiger partial charge is 0.201 e. The number of hydrogen-bond acceptors (Lipinski definition) is 3. The Morgan fingerprint density at radius 1 is 1.24 bits per heavy atom. The molecular formula is C16H16BrN3O. The van der Waals surface area contributed by atoms with E-state index in [1.54, 1.807) is 7.11 Å². The Morgan fingerprint density at radius 2 is 2.10 bits per heavy atom. The van der Waals surface area contributed by atoms with Crippen molar-refractivity contribution in [3.05, 3.63) is 52.5 Å². The Morgan fingerprint density at radius 3 is 2.90 bits per heavy atom. The maximum atomic E-state index is 6.04. The van der Waals surface area contributed by atoms with E-state index in [1.165, 1.54) is 5.56 Å². The van der Waals surface area contributed by atoms with Gasteiger partial charge in [0.1, 0.15) is 5.75 Å². The lowest BCUT2D eigenvalue weighted by molar-refractivity contribution is 0.414. The lowest BCUT2D eigenvalue weighted by Crippen LogP contribution is -2.05. The minimum atomic E-state index is 0.547. The number of nitrogens with zero attached hydrogens (tertiary/aromatic N) is 2. The van der Waals surface area contributed by atoms with E-state index in [-0.39, 0.29) is 0 Å². The molecule has 3 aromatic rings. The van der Waals surface area contributed by atoms with Crippen LogP contribution in [0.5, 0.6) is 5.75 Å². The van der Waals surface area contributed by atoms with Crippen molar-refractivity contribution in [1.82, 2.24) is 9.55 Å². The zero-order valence-corrected chi connectivity index (χ0v) is 13.3. The van der Waals surface area contributed by atoms with Gasteiger partial charge in [-0.05, 0) is 42.3 Å². The van der Waals surface area contributed by atoms with Gasteiger partial charge in [0.05, 0.1) is 18.1 Å². The van der Waals surface area contributed by atoms with Gasteiger partial charge in [0.2, 0.25) is 5.95 Å². The monoisotopic (exact) mass is 345 g/mol. The van der Waals surface area contributed by atoms with Gasteiger partial charge in [-0.2, -0.15) is 0 Å². The van der Waals surface area contributed by atoms with Crippen molar-refractivity contribution in [1.29, 1.82) is 0 Å². The third-order valence-electron chi connectivity index (χ3n) is 3.50. The average molecular weight is 346 g/mol. The molecule has 0 fully saturated rings. The van der Waals surface area contributed by atoms with Crippen LogP contribution in [-0.2, 0) is 13.0 Å². The summed E-state index contributed by atoms with van der Waals surface area (Å²) in [7, 11) is 1.68. The number of benzene rings is 2. The molecule has 0 aliphatic rings. The van der Waals surface area contributed by atoms with E-state index in [2.05, 4.69) is 27.0 Å². The fourth-order valence-electron chi connectivity index (χ4n) is 2.42. The maximum Gasteiger partial charge on any atom is 0.201 e. The van der Waals surface area contributed by atoms with Crippen LogP contribution in [0.3, 0.4) is 0 Å². The van der Waals surface area contributed by atoms with Gasteiger partial charge in [-0.1, -0.05) is 28.1 Å². The van der Waals surface area contributed by atoms with Gasteiger partial charge in [-0.3, -0.25) is 0 Å². The van der Waals surface area contributed by atoms with Crippen molar-refractivity contribution in [2.75, 3.05) is 12.8 Å². The highest BCUT2D eigenvalue weighted by atomic mass is 79.9. The number of halogens is 1. The van der Waals surface area contributed by atoms with Crippen LogP contribution in [0.15, 0.2) is 46.9 Å². The number of nitrogens with two attached hydrogens (primary N) is 1. The van der Waals surface area contributed by atoms with Crippen LogP contribution in [0, 0.1) is 0 Å². The summed E-state index contributed by atoms with van der Waals surface area (Å²) in [6, 6.07) is 14.1. The Hall–Kier alpha value is -2.01. The van der Waals surface area contributed by atoms with Crippen molar-refractivity contribution in [3.63, 3.8) is 0 Å². The van der Waals surface area contributed by atoms with Crippen molar-refractivity contribution in [2.24, 2.45) is 0 Å². The van der Waals surface area contributed by atoms with E-state index in [1.807, 2.05) is 41.0 Å². The van der Waals surface area contributed by atoms with Crippen LogP contribution in [0.4, 0.5) is 5.95 Å². The van der Waals surface area contributed by atoms with E-state index < -0.39 is 0 Å². The van der Waals surface area contributed by atoms with E-state index >= 15 is 0 Å². The lowest BCUT2D eigenvalue weighted by atomic mass is 10.1. The molecule has 0 radical (unpaired) electrons. The highest BCUT2D eigenvalue weighted by Gasteiger charge is 2.08. The first kappa shape index (κ1) is 13.9. The average Bonchev–Trinajstić information content (AvgIpc) is 2.80. The largest absolute Gasteiger partial charge is 0.497 e. The molecule has 0 saturated carbocycles. The minimum Gasteiger partial charge on any atom is -0.497 e. The normalized spacial score (nSPS) is 11.0. The van der Waals surface area contributed by atoms with E-state index in [0.29, 0.717) is 5.95 Å². The number of hydrogen-bond donors (Lipinski definition) is 1. The molecule has 0 atom stereocenters. The predicted molar refractivity (Wildman–Crippen MR) is 88.5 cm³/mol. The van der Waals surface area contributed by atoms with Gasteiger partial charge < -0.3 is 15.0 Å². The molecule has 2 N–H and O–H groups in total. The van der Waals surface area contributed by atoms with E-state index in [0.717, 1.165) is 34.2 Å². The summed E-state index contributed by atoms with van der Waals surface area (Å²) in [5, 5.41) is 0. The molecule has 1 aromatic heterocycles. The molecule has 0 aliphatic heterocycles. The highest BCUT2D eigenvalue weighted by molar-refractivity contribution is 9.10. The molecule has 21 heavy (non-hydrogen) atoms. The molecule has 0 saturated heterocycles. The van der Waals surface area contributed by atoms with Gasteiger partial charge in [0.25, 0.3) is 0 Å². The summed E-state index contributed by atoms with van der Waals surface area (Å²) in [6.45, 7) is 0.784. The van der Waals surface area contributed by atoms with Gasteiger partial charge in [0, 0.05) is 11.0 Å². The fourth-order valence-corrected chi connectivity index (χ4v) is 2.77. The molecule has 3 rings (SSSR count). The second-order valence-corrected chi connectivity index (χ2v) is 5.77. The minimum absolute atomic E-state index is 0.547. The number of nitrogen functional groups attached to an aromatic ring is 1. The van der Waals surface area contributed by atoms with Gasteiger partial charge in [-0.25, -0.2) is 4.98 Å². The number of aromatic nitrogens is 2. The van der Waals surface area contributed by atoms with Crippen molar-refractivity contribution in [3.8, 4) is 5.75 Å². The molecule has 0 spiro atoms. The Bertz CT molecular complexity index is 782. The van der Waals surface area contributed by atoms with Crippen molar-refractivity contribution < 1.29 is 4.74 Å². The highest BCUT2D eigenvalue weighted by Crippen LogP contribution is 2.23. The fraction of sp³-hybridized carbons (Fsp3) is 0.188. The molecular weight excluding hydrogens is 330 g/mol. The molecule has 2 aromatic carbocycles. The quantitative estimate of drug-likeness (QED) is 0.785. The third kappa shape index (κ3) is 2.88. The molecule has 0 aliphatic carbocycles. The molecule has 108 valence electrons. The maximum absolute atomic E-state index is 6.04. The second kappa shape index (κ2) is 5.77. The van der Waals surface area contributed by atoms with Crippen LogP contribution >= 0.6 is 15.9 Å². The Labute approximate surface area is 131 Å². The molecule has 5 heteroatoms. The Balaban J connectivity index is 1.87. The number of ether oxygens (including phenoxy) is 1. The zero-order chi connectivity index (χ0) is 14.8. The topological polar surface area (TPSA) is 53.1 Å². The first-order valence-corrected chi connectivity index (χ1v) is 7.51. The van der Waals surface area contributed by atoms with Crippen LogP contribution in [0.2, 0.25) is 0 Å². The second-order valence-electron chi connectivity index (χ2n) is 4.86. The molecule has 1 heterocycles. The number of fused-ring (bicyclic) bond motifs is 1. The van der Waals surface area contributed by atoms with Gasteiger partial charge in [-0.15, -0.1) is 0 Å². The molecule has 0 unspecified atom stereocenters. The number of aryl methyl sites for hydroxylation is 2. The summed E-state index contributed by atoms with van der Waals surface area (Å²) >= 11 is 3.49. The Kier molecular flexibility index (Phi) is 3.84. The third-order valence-corrected chi connectivity index (χ3v) is 3.99.